The van der Waals surface area contributed by atoms with Crippen molar-refractivity contribution in [2.75, 3.05) is 26.6 Å². The lowest BCUT2D eigenvalue weighted by Gasteiger charge is -2.30. The lowest BCUT2D eigenvalue weighted by Crippen LogP contribution is -2.38. The largest absolute Gasteiger partial charge is 0.497 e. The molecule has 0 aliphatic heterocycles. The standard InChI is InChI=1S/C23H30N2O5S/c1-25(19-7-5-4-6-8-19)31(27,28)21-13-10-18(11-14-21)24-23(26)15-17-9-12-20(29-2)16-22(17)30-3/h9-14,16,19H,4-8,15H2,1-3H3,(H,24,26). The van der Waals surface area contributed by atoms with Gasteiger partial charge in [0.25, 0.3) is 0 Å². The number of ether oxygens (including phenoxy) is 2. The zero-order valence-electron chi connectivity index (χ0n) is 18.3. The summed E-state index contributed by atoms with van der Waals surface area (Å²) in [5.41, 5.74) is 1.27. The third-order valence-corrected chi connectivity index (χ3v) is 7.67. The van der Waals surface area contributed by atoms with Gasteiger partial charge in [-0.2, -0.15) is 4.31 Å². The molecule has 0 bridgehead atoms. The van der Waals surface area contributed by atoms with Crippen molar-refractivity contribution in [1.82, 2.24) is 4.31 Å². The highest BCUT2D eigenvalue weighted by molar-refractivity contribution is 7.89. The number of amides is 1. The molecule has 2 aromatic carbocycles. The van der Waals surface area contributed by atoms with Crippen LogP contribution in [0, 0.1) is 0 Å². The van der Waals surface area contributed by atoms with E-state index in [0.29, 0.717) is 17.2 Å². The Morgan fingerprint density at radius 2 is 1.71 bits per heavy atom. The molecule has 0 radical (unpaired) electrons. The molecule has 1 fully saturated rings. The third-order valence-electron chi connectivity index (χ3n) is 5.75. The molecular weight excluding hydrogens is 416 g/mol. The minimum atomic E-state index is -3.56. The van der Waals surface area contributed by atoms with E-state index in [1.807, 2.05) is 0 Å². The van der Waals surface area contributed by atoms with Crippen molar-refractivity contribution in [3.8, 4) is 11.5 Å². The summed E-state index contributed by atoms with van der Waals surface area (Å²) in [6.45, 7) is 0. The first-order valence-electron chi connectivity index (χ1n) is 10.4. The lowest BCUT2D eigenvalue weighted by molar-refractivity contribution is -0.115. The number of sulfonamides is 1. The summed E-state index contributed by atoms with van der Waals surface area (Å²) in [6.07, 6.45) is 5.22. The normalized spacial score (nSPS) is 15.0. The predicted molar refractivity (Wildman–Crippen MR) is 120 cm³/mol. The monoisotopic (exact) mass is 446 g/mol. The fourth-order valence-electron chi connectivity index (χ4n) is 3.89. The van der Waals surface area contributed by atoms with Crippen LogP contribution >= 0.6 is 0 Å². The van der Waals surface area contributed by atoms with Crippen LogP contribution in [0.2, 0.25) is 0 Å². The van der Waals surface area contributed by atoms with Gasteiger partial charge in [-0.25, -0.2) is 8.42 Å². The smallest absolute Gasteiger partial charge is 0.243 e. The molecule has 0 spiro atoms. The molecule has 0 saturated heterocycles. The summed E-state index contributed by atoms with van der Waals surface area (Å²) in [7, 11) is 1.21. The number of hydrogen-bond donors (Lipinski definition) is 1. The van der Waals surface area contributed by atoms with Crippen LogP contribution in [0.25, 0.3) is 0 Å². The molecule has 1 aliphatic carbocycles. The minimum absolute atomic E-state index is 0.0533. The molecule has 1 saturated carbocycles. The van der Waals surface area contributed by atoms with E-state index in [1.54, 1.807) is 51.6 Å². The highest BCUT2D eigenvalue weighted by atomic mass is 32.2. The van der Waals surface area contributed by atoms with E-state index in [1.165, 1.54) is 22.9 Å². The second kappa shape index (κ2) is 10.2. The maximum absolute atomic E-state index is 12.9. The predicted octanol–water partition coefficient (Wildman–Crippen LogP) is 3.84. The van der Waals surface area contributed by atoms with Gasteiger partial charge in [0.2, 0.25) is 15.9 Å². The Hall–Kier alpha value is -2.58. The molecule has 1 aliphatic rings. The second-order valence-corrected chi connectivity index (χ2v) is 9.74. The first-order valence-corrected chi connectivity index (χ1v) is 11.9. The SMILES string of the molecule is COc1ccc(CC(=O)Nc2ccc(S(=O)(=O)N(C)C3CCCCC3)cc2)c(OC)c1. The van der Waals surface area contributed by atoms with Gasteiger partial charge in [-0.1, -0.05) is 25.3 Å². The van der Waals surface area contributed by atoms with Crippen molar-refractivity contribution in [3.05, 3.63) is 48.0 Å². The number of methoxy groups -OCH3 is 2. The molecule has 0 unspecified atom stereocenters. The molecule has 7 nitrogen and oxygen atoms in total. The van der Waals surface area contributed by atoms with E-state index in [9.17, 15) is 13.2 Å². The molecule has 31 heavy (non-hydrogen) atoms. The number of carbonyl (C=O) groups excluding carboxylic acids is 1. The average molecular weight is 447 g/mol. The van der Waals surface area contributed by atoms with Crippen LogP contribution in [-0.4, -0.2) is 45.9 Å². The molecule has 3 rings (SSSR count). The number of hydrogen-bond acceptors (Lipinski definition) is 5. The van der Waals surface area contributed by atoms with Gasteiger partial charge in [-0.05, 0) is 43.2 Å². The molecule has 168 valence electrons. The molecular formula is C23H30N2O5S. The Labute approximate surface area is 184 Å². The molecule has 0 heterocycles. The minimum Gasteiger partial charge on any atom is -0.497 e. The zero-order valence-corrected chi connectivity index (χ0v) is 19.1. The number of nitrogens with one attached hydrogen (secondary N) is 1. The first-order chi connectivity index (χ1) is 14.8. The fourth-order valence-corrected chi connectivity index (χ4v) is 5.31. The van der Waals surface area contributed by atoms with Crippen LogP contribution in [0.4, 0.5) is 5.69 Å². The van der Waals surface area contributed by atoms with Crippen LogP contribution in [0.3, 0.4) is 0 Å². The van der Waals surface area contributed by atoms with Gasteiger partial charge in [0.15, 0.2) is 0 Å². The fraction of sp³-hybridized carbons (Fsp3) is 0.435. The van der Waals surface area contributed by atoms with Crippen LogP contribution in [-0.2, 0) is 21.2 Å². The quantitative estimate of drug-likeness (QED) is 0.666. The number of rotatable bonds is 8. The Bertz CT molecular complexity index is 999. The summed E-state index contributed by atoms with van der Waals surface area (Å²) in [6, 6.07) is 11.6. The van der Waals surface area contributed by atoms with E-state index in [-0.39, 0.29) is 23.3 Å². The van der Waals surface area contributed by atoms with Gasteiger partial charge < -0.3 is 14.8 Å². The van der Waals surface area contributed by atoms with Gasteiger partial charge in [0, 0.05) is 30.4 Å². The highest BCUT2D eigenvalue weighted by Crippen LogP contribution is 2.28. The molecule has 8 heteroatoms. The van der Waals surface area contributed by atoms with Crippen molar-refractivity contribution in [2.24, 2.45) is 0 Å². The number of nitrogens with zero attached hydrogens (tertiary/aromatic N) is 1. The molecule has 1 N–H and O–H groups in total. The topological polar surface area (TPSA) is 84.9 Å². The van der Waals surface area contributed by atoms with Gasteiger partial charge >= 0.3 is 0 Å². The van der Waals surface area contributed by atoms with E-state index >= 15 is 0 Å². The van der Waals surface area contributed by atoms with E-state index in [4.69, 9.17) is 9.47 Å². The van der Waals surface area contributed by atoms with Gasteiger partial charge in [0.05, 0.1) is 25.5 Å². The summed E-state index contributed by atoms with van der Waals surface area (Å²) in [5, 5.41) is 2.81. The zero-order chi connectivity index (χ0) is 22.4. The number of carbonyl (C=O) groups is 1. The van der Waals surface area contributed by atoms with Crippen molar-refractivity contribution >= 4 is 21.6 Å². The summed E-state index contributed by atoms with van der Waals surface area (Å²) < 4.78 is 37.9. The Kier molecular flexibility index (Phi) is 7.56. The van der Waals surface area contributed by atoms with Crippen molar-refractivity contribution in [3.63, 3.8) is 0 Å². The van der Waals surface area contributed by atoms with Crippen LogP contribution in [0.1, 0.15) is 37.7 Å². The van der Waals surface area contributed by atoms with Gasteiger partial charge in [-0.3, -0.25) is 4.79 Å². The first kappa shape index (κ1) is 23.1. The van der Waals surface area contributed by atoms with Crippen molar-refractivity contribution < 1.29 is 22.7 Å². The van der Waals surface area contributed by atoms with Gasteiger partial charge in [-0.15, -0.1) is 0 Å². The van der Waals surface area contributed by atoms with E-state index < -0.39 is 10.0 Å². The summed E-state index contributed by atoms with van der Waals surface area (Å²) in [5.74, 6) is 0.996. The average Bonchev–Trinajstić information content (AvgIpc) is 2.79. The summed E-state index contributed by atoms with van der Waals surface area (Å²) >= 11 is 0. The molecule has 0 atom stereocenters. The number of benzene rings is 2. The third kappa shape index (κ3) is 5.57. The Morgan fingerprint density at radius 3 is 2.32 bits per heavy atom. The molecule has 0 aromatic heterocycles. The Balaban J connectivity index is 1.65. The van der Waals surface area contributed by atoms with Crippen molar-refractivity contribution in [1.29, 1.82) is 0 Å². The van der Waals surface area contributed by atoms with Crippen LogP contribution < -0.4 is 14.8 Å². The van der Waals surface area contributed by atoms with E-state index in [0.717, 1.165) is 31.2 Å². The molecule has 2 aromatic rings. The highest BCUT2D eigenvalue weighted by Gasteiger charge is 2.28. The lowest BCUT2D eigenvalue weighted by atomic mass is 9.96. The summed E-state index contributed by atoms with van der Waals surface area (Å²) in [4.78, 5) is 12.7. The molecule has 1 amide bonds. The maximum Gasteiger partial charge on any atom is 0.243 e. The Morgan fingerprint density at radius 1 is 1.03 bits per heavy atom. The van der Waals surface area contributed by atoms with Crippen molar-refractivity contribution in [2.45, 2.75) is 49.5 Å². The van der Waals surface area contributed by atoms with Gasteiger partial charge in [0.1, 0.15) is 11.5 Å². The number of anilines is 1. The van der Waals surface area contributed by atoms with E-state index in [2.05, 4.69) is 5.32 Å². The second-order valence-electron chi connectivity index (χ2n) is 7.74. The van der Waals surface area contributed by atoms with Crippen LogP contribution in [0.5, 0.6) is 11.5 Å². The maximum atomic E-state index is 12.9. The van der Waals surface area contributed by atoms with Crippen LogP contribution in [0.15, 0.2) is 47.4 Å².